The molecule has 3 heteroatoms. The fraction of sp³-hybridized carbons (Fsp3) is 0.500. The molecule has 0 aliphatic heterocycles. The van der Waals surface area contributed by atoms with Crippen LogP contribution < -0.4 is 5.73 Å². The lowest BCUT2D eigenvalue weighted by molar-refractivity contribution is 0.121. The van der Waals surface area contributed by atoms with Crippen molar-refractivity contribution >= 4 is 0 Å². The van der Waals surface area contributed by atoms with Crippen LogP contribution in [0.25, 0.3) is 0 Å². The van der Waals surface area contributed by atoms with Crippen LogP contribution >= 0.6 is 0 Å². The van der Waals surface area contributed by atoms with Crippen LogP contribution in [0.3, 0.4) is 0 Å². The van der Waals surface area contributed by atoms with E-state index in [0.29, 0.717) is 24.3 Å². The Morgan fingerprint density at radius 2 is 2.20 bits per heavy atom. The zero-order valence-corrected chi connectivity index (χ0v) is 9.29. The Bertz CT molecular complexity index is 314. The van der Waals surface area contributed by atoms with Crippen molar-refractivity contribution in [2.75, 3.05) is 13.2 Å². The molecule has 2 N–H and O–H groups in total. The molecule has 0 aliphatic rings. The predicted octanol–water partition coefficient (Wildman–Crippen LogP) is 2.56. The van der Waals surface area contributed by atoms with Gasteiger partial charge in [-0.2, -0.15) is 0 Å². The minimum Gasteiger partial charge on any atom is -0.379 e. The van der Waals surface area contributed by atoms with Crippen molar-refractivity contribution in [3.8, 4) is 0 Å². The second-order valence-corrected chi connectivity index (χ2v) is 3.66. The van der Waals surface area contributed by atoms with E-state index in [0.717, 1.165) is 6.42 Å². The van der Waals surface area contributed by atoms with E-state index in [2.05, 4.69) is 0 Å². The maximum absolute atomic E-state index is 13.6. The number of ether oxygens (including phenoxy) is 1. The van der Waals surface area contributed by atoms with Gasteiger partial charge in [-0.1, -0.05) is 25.1 Å². The lowest BCUT2D eigenvalue weighted by Gasteiger charge is -2.14. The monoisotopic (exact) mass is 211 g/mol. The zero-order chi connectivity index (χ0) is 11.3. The molecule has 0 bridgehead atoms. The third-order valence-corrected chi connectivity index (χ3v) is 2.27. The smallest absolute Gasteiger partial charge is 0.130 e. The molecule has 1 unspecified atom stereocenters. The zero-order valence-electron chi connectivity index (χ0n) is 9.29. The molecular weight excluding hydrogens is 193 g/mol. The fourth-order valence-electron chi connectivity index (χ4n) is 1.40. The van der Waals surface area contributed by atoms with Gasteiger partial charge in [-0.25, -0.2) is 4.39 Å². The molecule has 1 aromatic rings. The van der Waals surface area contributed by atoms with Crippen LogP contribution in [0.4, 0.5) is 4.39 Å². The Kier molecular flexibility index (Phi) is 4.72. The lowest BCUT2D eigenvalue weighted by Crippen LogP contribution is -2.19. The third-order valence-electron chi connectivity index (χ3n) is 2.27. The SMILES string of the molecule is CCCOCC(N)c1cccc(C)c1F. The van der Waals surface area contributed by atoms with E-state index in [1.54, 1.807) is 19.1 Å². The van der Waals surface area contributed by atoms with E-state index in [4.69, 9.17) is 10.5 Å². The normalized spacial score (nSPS) is 12.8. The van der Waals surface area contributed by atoms with Crippen molar-refractivity contribution in [1.29, 1.82) is 0 Å². The van der Waals surface area contributed by atoms with E-state index in [-0.39, 0.29) is 11.9 Å². The van der Waals surface area contributed by atoms with Gasteiger partial charge in [0.05, 0.1) is 12.6 Å². The van der Waals surface area contributed by atoms with Crippen molar-refractivity contribution in [3.63, 3.8) is 0 Å². The van der Waals surface area contributed by atoms with Crippen LogP contribution in [0.2, 0.25) is 0 Å². The molecule has 0 saturated carbocycles. The number of hydrogen-bond donors (Lipinski definition) is 1. The quantitative estimate of drug-likeness (QED) is 0.760. The largest absolute Gasteiger partial charge is 0.379 e. The molecule has 2 nitrogen and oxygen atoms in total. The molecule has 0 heterocycles. The molecule has 0 aromatic heterocycles. The summed E-state index contributed by atoms with van der Waals surface area (Å²) in [6.07, 6.45) is 0.947. The first kappa shape index (κ1) is 12.1. The highest BCUT2D eigenvalue weighted by Gasteiger charge is 2.12. The summed E-state index contributed by atoms with van der Waals surface area (Å²) in [6, 6.07) is 4.88. The Morgan fingerprint density at radius 3 is 2.87 bits per heavy atom. The van der Waals surface area contributed by atoms with Crippen LogP contribution in [-0.2, 0) is 4.74 Å². The first-order chi connectivity index (χ1) is 7.16. The van der Waals surface area contributed by atoms with Gasteiger partial charge in [0.2, 0.25) is 0 Å². The highest BCUT2D eigenvalue weighted by molar-refractivity contribution is 5.27. The second kappa shape index (κ2) is 5.83. The standard InChI is InChI=1S/C12H18FNO/c1-3-7-15-8-11(14)10-6-4-5-9(2)12(10)13/h4-6,11H,3,7-8,14H2,1-2H3. The Morgan fingerprint density at radius 1 is 1.47 bits per heavy atom. The summed E-state index contributed by atoms with van der Waals surface area (Å²) in [7, 11) is 0. The molecule has 0 spiro atoms. The summed E-state index contributed by atoms with van der Waals surface area (Å²) in [6.45, 7) is 4.80. The van der Waals surface area contributed by atoms with Crippen LogP contribution in [0.15, 0.2) is 18.2 Å². The Balaban J connectivity index is 2.65. The van der Waals surface area contributed by atoms with E-state index >= 15 is 0 Å². The molecule has 15 heavy (non-hydrogen) atoms. The highest BCUT2D eigenvalue weighted by Crippen LogP contribution is 2.18. The molecular formula is C12H18FNO. The Labute approximate surface area is 90.2 Å². The van der Waals surface area contributed by atoms with E-state index < -0.39 is 0 Å². The number of aryl methyl sites for hydroxylation is 1. The number of rotatable bonds is 5. The van der Waals surface area contributed by atoms with Gasteiger partial charge in [0.1, 0.15) is 5.82 Å². The molecule has 1 atom stereocenters. The molecule has 0 radical (unpaired) electrons. The summed E-state index contributed by atoms with van der Waals surface area (Å²) in [5.74, 6) is -0.218. The Hall–Kier alpha value is -0.930. The van der Waals surface area contributed by atoms with Gasteiger partial charge >= 0.3 is 0 Å². The summed E-state index contributed by atoms with van der Waals surface area (Å²) in [5, 5.41) is 0. The molecule has 1 aromatic carbocycles. The van der Waals surface area contributed by atoms with Crippen LogP contribution in [-0.4, -0.2) is 13.2 Å². The van der Waals surface area contributed by atoms with Crippen molar-refractivity contribution in [3.05, 3.63) is 35.1 Å². The molecule has 84 valence electrons. The van der Waals surface area contributed by atoms with Crippen molar-refractivity contribution in [2.45, 2.75) is 26.3 Å². The van der Waals surface area contributed by atoms with Crippen molar-refractivity contribution in [2.24, 2.45) is 5.73 Å². The van der Waals surface area contributed by atoms with Gasteiger partial charge in [-0.3, -0.25) is 0 Å². The van der Waals surface area contributed by atoms with Crippen LogP contribution in [0.1, 0.15) is 30.5 Å². The number of hydrogen-bond acceptors (Lipinski definition) is 2. The first-order valence-electron chi connectivity index (χ1n) is 5.25. The third kappa shape index (κ3) is 3.29. The van der Waals surface area contributed by atoms with Gasteiger partial charge in [0.25, 0.3) is 0 Å². The summed E-state index contributed by atoms with van der Waals surface area (Å²) >= 11 is 0. The maximum Gasteiger partial charge on any atom is 0.130 e. The fourth-order valence-corrected chi connectivity index (χ4v) is 1.40. The average molecular weight is 211 g/mol. The van der Waals surface area contributed by atoms with Gasteiger partial charge < -0.3 is 10.5 Å². The topological polar surface area (TPSA) is 35.2 Å². The number of nitrogens with two attached hydrogens (primary N) is 1. The maximum atomic E-state index is 13.6. The minimum atomic E-state index is -0.378. The van der Waals surface area contributed by atoms with Gasteiger partial charge in [0, 0.05) is 12.2 Å². The number of benzene rings is 1. The predicted molar refractivity (Wildman–Crippen MR) is 59.2 cm³/mol. The van der Waals surface area contributed by atoms with Gasteiger partial charge in [-0.15, -0.1) is 0 Å². The lowest BCUT2D eigenvalue weighted by atomic mass is 10.0. The van der Waals surface area contributed by atoms with E-state index in [1.807, 2.05) is 13.0 Å². The summed E-state index contributed by atoms with van der Waals surface area (Å²) in [5.41, 5.74) is 7.00. The highest BCUT2D eigenvalue weighted by atomic mass is 19.1. The molecule has 0 amide bonds. The first-order valence-corrected chi connectivity index (χ1v) is 5.25. The molecule has 0 aliphatic carbocycles. The summed E-state index contributed by atoms with van der Waals surface area (Å²) in [4.78, 5) is 0. The van der Waals surface area contributed by atoms with E-state index in [9.17, 15) is 4.39 Å². The van der Waals surface area contributed by atoms with Crippen molar-refractivity contribution < 1.29 is 9.13 Å². The van der Waals surface area contributed by atoms with Crippen LogP contribution in [0.5, 0.6) is 0 Å². The van der Waals surface area contributed by atoms with Crippen LogP contribution in [0, 0.1) is 12.7 Å². The summed E-state index contributed by atoms with van der Waals surface area (Å²) < 4.78 is 18.9. The average Bonchev–Trinajstić information content (AvgIpc) is 2.22. The second-order valence-electron chi connectivity index (χ2n) is 3.66. The molecule has 0 fully saturated rings. The molecule has 0 saturated heterocycles. The minimum absolute atomic E-state index is 0.218. The van der Waals surface area contributed by atoms with E-state index in [1.165, 1.54) is 0 Å². The van der Waals surface area contributed by atoms with Gasteiger partial charge in [0.15, 0.2) is 0 Å². The van der Waals surface area contributed by atoms with Crippen molar-refractivity contribution in [1.82, 2.24) is 0 Å². The number of halogens is 1. The molecule has 1 rings (SSSR count). The van der Waals surface area contributed by atoms with Gasteiger partial charge in [-0.05, 0) is 18.9 Å².